The topological polar surface area (TPSA) is 86.5 Å². The Morgan fingerprint density at radius 1 is 1.37 bits per heavy atom. The predicted molar refractivity (Wildman–Crippen MR) is 74.9 cm³/mol. The Morgan fingerprint density at radius 3 is 2.42 bits per heavy atom. The fraction of sp³-hybridized carbons (Fsp3) is 0.417. The minimum absolute atomic E-state index is 0.295. The van der Waals surface area contributed by atoms with Crippen molar-refractivity contribution in [2.45, 2.75) is 22.3 Å². The highest BCUT2D eigenvalue weighted by Gasteiger charge is 2.13. The molecule has 0 spiro atoms. The van der Waals surface area contributed by atoms with Crippen LogP contribution in [0.5, 0.6) is 0 Å². The van der Waals surface area contributed by atoms with Gasteiger partial charge in [-0.15, -0.1) is 11.8 Å². The maximum absolute atomic E-state index is 11.3. The number of hydrogen-bond donors (Lipinski definition) is 1. The number of carbonyl (C=O) groups is 1. The van der Waals surface area contributed by atoms with Gasteiger partial charge in [0.15, 0.2) is 9.84 Å². The van der Waals surface area contributed by atoms with E-state index in [1.165, 1.54) is 25.1 Å². The fourth-order valence-electron chi connectivity index (χ4n) is 1.36. The van der Waals surface area contributed by atoms with Crippen LogP contribution in [0.1, 0.15) is 6.42 Å². The maximum atomic E-state index is 11.3. The van der Waals surface area contributed by atoms with Gasteiger partial charge < -0.3 is 10.5 Å². The number of thioether (sulfide) groups is 1. The molecular formula is C12H17NO4S2. The first-order valence-electron chi connectivity index (χ1n) is 5.61. The first-order chi connectivity index (χ1) is 8.84. The Bertz CT molecular complexity index is 525. The first kappa shape index (κ1) is 16.0. The molecule has 106 valence electrons. The second-order valence-electron chi connectivity index (χ2n) is 4.01. The summed E-state index contributed by atoms with van der Waals surface area (Å²) in [5.74, 6) is 0.238. The fourth-order valence-corrected chi connectivity index (χ4v) is 2.92. The van der Waals surface area contributed by atoms with E-state index in [4.69, 9.17) is 5.73 Å². The predicted octanol–water partition coefficient (Wildman–Crippen LogP) is 1.07. The number of methoxy groups -OCH3 is 1. The van der Waals surface area contributed by atoms with Crippen molar-refractivity contribution in [3.8, 4) is 0 Å². The largest absolute Gasteiger partial charge is 0.468 e. The molecule has 1 unspecified atom stereocenters. The average Bonchev–Trinajstić information content (AvgIpc) is 2.37. The van der Waals surface area contributed by atoms with E-state index in [0.29, 0.717) is 17.1 Å². The quantitative estimate of drug-likeness (QED) is 0.625. The zero-order valence-corrected chi connectivity index (χ0v) is 12.5. The maximum Gasteiger partial charge on any atom is 0.322 e. The highest BCUT2D eigenvalue weighted by molar-refractivity contribution is 7.99. The zero-order chi connectivity index (χ0) is 14.5. The highest BCUT2D eigenvalue weighted by atomic mass is 32.2. The summed E-state index contributed by atoms with van der Waals surface area (Å²) in [6.45, 7) is 0. The molecule has 0 fully saturated rings. The Hall–Kier alpha value is -1.05. The highest BCUT2D eigenvalue weighted by Crippen LogP contribution is 2.21. The van der Waals surface area contributed by atoms with E-state index in [9.17, 15) is 13.2 Å². The summed E-state index contributed by atoms with van der Waals surface area (Å²) in [7, 11) is -1.85. The molecule has 0 radical (unpaired) electrons. The number of esters is 1. The van der Waals surface area contributed by atoms with Crippen LogP contribution >= 0.6 is 11.8 Å². The van der Waals surface area contributed by atoms with Gasteiger partial charge in [0.2, 0.25) is 0 Å². The van der Waals surface area contributed by atoms with Gasteiger partial charge in [0.05, 0.1) is 12.0 Å². The van der Waals surface area contributed by atoms with Crippen molar-refractivity contribution in [1.29, 1.82) is 0 Å². The molecule has 1 aromatic carbocycles. The van der Waals surface area contributed by atoms with Crippen LogP contribution in [0.25, 0.3) is 0 Å². The Kier molecular flexibility index (Phi) is 5.84. The molecule has 0 bridgehead atoms. The van der Waals surface area contributed by atoms with Crippen molar-refractivity contribution in [3.63, 3.8) is 0 Å². The lowest BCUT2D eigenvalue weighted by molar-refractivity contribution is -0.142. The molecule has 7 heteroatoms. The summed E-state index contributed by atoms with van der Waals surface area (Å²) >= 11 is 1.51. The van der Waals surface area contributed by atoms with Crippen LogP contribution in [0.2, 0.25) is 0 Å². The lowest BCUT2D eigenvalue weighted by Crippen LogP contribution is -2.31. The normalized spacial score (nSPS) is 13.0. The van der Waals surface area contributed by atoms with Crippen molar-refractivity contribution in [2.75, 3.05) is 19.1 Å². The molecule has 0 aromatic heterocycles. The van der Waals surface area contributed by atoms with E-state index in [2.05, 4.69) is 4.74 Å². The first-order valence-corrected chi connectivity index (χ1v) is 8.48. The lowest BCUT2D eigenvalue weighted by atomic mass is 10.2. The number of hydrogen-bond acceptors (Lipinski definition) is 6. The molecule has 0 saturated carbocycles. The molecule has 1 rings (SSSR count). The molecule has 1 aromatic rings. The minimum atomic E-state index is -3.16. The SMILES string of the molecule is COC(=O)C(N)CCSc1ccc(S(C)(=O)=O)cc1. The van der Waals surface area contributed by atoms with Crippen LogP contribution in [0.4, 0.5) is 0 Å². The van der Waals surface area contributed by atoms with Crippen molar-refractivity contribution in [1.82, 2.24) is 0 Å². The number of ether oxygens (including phenoxy) is 1. The molecule has 0 aliphatic heterocycles. The Labute approximate surface area is 117 Å². The number of rotatable bonds is 6. The van der Waals surface area contributed by atoms with E-state index < -0.39 is 21.8 Å². The van der Waals surface area contributed by atoms with Crippen molar-refractivity contribution >= 4 is 27.6 Å². The second kappa shape index (κ2) is 6.93. The summed E-state index contributed by atoms with van der Waals surface area (Å²) in [6, 6.07) is 6.00. The molecule has 1 atom stereocenters. The molecule has 2 N–H and O–H groups in total. The van der Waals surface area contributed by atoms with Gasteiger partial charge in [-0.1, -0.05) is 0 Å². The number of carbonyl (C=O) groups excluding carboxylic acids is 1. The van der Waals surface area contributed by atoms with E-state index in [-0.39, 0.29) is 0 Å². The van der Waals surface area contributed by atoms with Gasteiger partial charge in [0.1, 0.15) is 6.04 Å². The average molecular weight is 303 g/mol. The summed E-state index contributed by atoms with van der Waals surface area (Å²) in [5.41, 5.74) is 5.61. The molecule has 0 amide bonds. The zero-order valence-electron chi connectivity index (χ0n) is 10.8. The third-order valence-electron chi connectivity index (χ3n) is 2.45. The van der Waals surface area contributed by atoms with Crippen molar-refractivity contribution < 1.29 is 17.9 Å². The minimum Gasteiger partial charge on any atom is -0.468 e. The van der Waals surface area contributed by atoms with Gasteiger partial charge in [0.25, 0.3) is 0 Å². The van der Waals surface area contributed by atoms with Gasteiger partial charge >= 0.3 is 5.97 Å². The Morgan fingerprint density at radius 2 is 1.95 bits per heavy atom. The van der Waals surface area contributed by atoms with Crippen LogP contribution in [0.15, 0.2) is 34.1 Å². The monoisotopic (exact) mass is 303 g/mol. The van der Waals surface area contributed by atoms with Gasteiger partial charge in [-0.25, -0.2) is 8.42 Å². The van der Waals surface area contributed by atoms with Crippen molar-refractivity contribution in [3.05, 3.63) is 24.3 Å². The van der Waals surface area contributed by atoms with Gasteiger partial charge in [-0.3, -0.25) is 4.79 Å². The van der Waals surface area contributed by atoms with Gasteiger partial charge in [-0.2, -0.15) is 0 Å². The molecule has 0 heterocycles. The van der Waals surface area contributed by atoms with E-state index in [1.807, 2.05) is 0 Å². The third-order valence-corrected chi connectivity index (χ3v) is 4.63. The van der Waals surface area contributed by atoms with Crippen molar-refractivity contribution in [2.24, 2.45) is 5.73 Å². The summed E-state index contributed by atoms with van der Waals surface area (Å²) in [5, 5.41) is 0. The third kappa shape index (κ3) is 5.22. The van der Waals surface area contributed by atoms with E-state index >= 15 is 0 Å². The summed E-state index contributed by atoms with van der Waals surface area (Å²) in [4.78, 5) is 12.3. The molecule has 0 saturated heterocycles. The summed E-state index contributed by atoms with van der Waals surface area (Å²) in [6.07, 6.45) is 1.68. The lowest BCUT2D eigenvalue weighted by Gasteiger charge is -2.08. The molecular weight excluding hydrogens is 286 g/mol. The van der Waals surface area contributed by atoms with E-state index in [1.54, 1.807) is 24.3 Å². The van der Waals surface area contributed by atoms with Crippen LogP contribution in [-0.4, -0.2) is 39.5 Å². The number of nitrogens with two attached hydrogens (primary N) is 1. The standard InChI is InChI=1S/C12H17NO4S2/c1-17-12(14)11(13)7-8-18-9-3-5-10(6-4-9)19(2,15)16/h3-6,11H,7-8,13H2,1-2H3. The molecule has 0 aliphatic rings. The summed E-state index contributed by atoms with van der Waals surface area (Å²) < 4.78 is 27.1. The number of sulfone groups is 1. The smallest absolute Gasteiger partial charge is 0.322 e. The van der Waals surface area contributed by atoms with Crippen LogP contribution in [0.3, 0.4) is 0 Å². The Balaban J connectivity index is 2.49. The molecule has 5 nitrogen and oxygen atoms in total. The van der Waals surface area contributed by atoms with Crippen LogP contribution < -0.4 is 5.73 Å². The number of benzene rings is 1. The molecule has 0 aliphatic carbocycles. The van der Waals surface area contributed by atoms with E-state index in [0.717, 1.165) is 4.90 Å². The second-order valence-corrected chi connectivity index (χ2v) is 7.19. The van der Waals surface area contributed by atoms with Crippen LogP contribution in [0, 0.1) is 0 Å². The van der Waals surface area contributed by atoms with Crippen LogP contribution in [-0.2, 0) is 19.4 Å². The van der Waals surface area contributed by atoms with Gasteiger partial charge in [-0.05, 0) is 30.7 Å². The van der Waals surface area contributed by atoms with Gasteiger partial charge in [0, 0.05) is 16.9 Å². The molecule has 19 heavy (non-hydrogen) atoms.